The van der Waals surface area contributed by atoms with E-state index in [-0.39, 0.29) is 36.4 Å². The number of halogens is 1. The zero-order valence-corrected chi connectivity index (χ0v) is 16.6. The van der Waals surface area contributed by atoms with Gasteiger partial charge in [0, 0.05) is 6.42 Å². The maximum absolute atomic E-state index is 12.6. The van der Waals surface area contributed by atoms with Crippen LogP contribution in [-0.2, 0) is 20.7 Å². The molecule has 1 aromatic rings. The van der Waals surface area contributed by atoms with E-state index >= 15 is 0 Å². The molecule has 1 aliphatic carbocycles. The van der Waals surface area contributed by atoms with Crippen molar-refractivity contribution < 1.29 is 24.5 Å². The fraction of sp³-hybridized carbons (Fsp3) is 0.579. The highest BCUT2D eigenvalue weighted by molar-refractivity contribution is 5.90. The summed E-state index contributed by atoms with van der Waals surface area (Å²) < 4.78 is 5.59. The summed E-state index contributed by atoms with van der Waals surface area (Å²) in [6.45, 7) is 3.11. The molecule has 1 atom stereocenters. The molecule has 0 bridgehead atoms. The molecule has 1 amide bonds. The topological polar surface area (TPSA) is 122 Å². The molecule has 0 radical (unpaired) electrons. The van der Waals surface area contributed by atoms with Crippen LogP contribution in [0.5, 0.6) is 11.5 Å². The molecule has 0 heterocycles. The van der Waals surface area contributed by atoms with Gasteiger partial charge in [0.2, 0.25) is 5.91 Å². The Bertz CT molecular complexity index is 654. The first-order valence-corrected chi connectivity index (χ1v) is 8.98. The number of amides is 1. The van der Waals surface area contributed by atoms with Gasteiger partial charge >= 0.3 is 5.97 Å². The average Bonchev–Trinajstić information content (AvgIpc) is 2.57. The number of benzene rings is 1. The summed E-state index contributed by atoms with van der Waals surface area (Å²) in [5.41, 5.74) is 5.26. The van der Waals surface area contributed by atoms with Crippen molar-refractivity contribution in [2.24, 2.45) is 5.73 Å². The number of phenolic OH excluding ortho intramolecular Hbond substituents is 2. The van der Waals surface area contributed by atoms with Crippen LogP contribution >= 0.6 is 12.4 Å². The van der Waals surface area contributed by atoms with E-state index in [4.69, 9.17) is 10.5 Å². The minimum atomic E-state index is -1.14. The van der Waals surface area contributed by atoms with Gasteiger partial charge in [0.1, 0.15) is 12.1 Å². The number of hydrogen-bond donors (Lipinski definition) is 4. The molecule has 0 aliphatic heterocycles. The van der Waals surface area contributed by atoms with Gasteiger partial charge in [-0.1, -0.05) is 12.5 Å². The molecule has 27 heavy (non-hydrogen) atoms. The first-order chi connectivity index (χ1) is 12.2. The number of esters is 1. The van der Waals surface area contributed by atoms with Crippen molar-refractivity contribution >= 4 is 24.3 Å². The molecule has 1 saturated carbocycles. The molecule has 1 fully saturated rings. The standard InChI is InChI=1S/C19H28N2O5.ClH/c1-19(2,20)18(25)21-14(10-12-8-9-15(22)16(23)11-12)17(24)26-13-6-4-3-5-7-13;/h8-9,11,13-14,22-23H,3-7,10,20H2,1-2H3,(H,21,25);1H/t14-;/m0./s1. The van der Waals surface area contributed by atoms with Gasteiger partial charge in [0.25, 0.3) is 0 Å². The third-order valence-electron chi connectivity index (χ3n) is 4.49. The molecule has 7 nitrogen and oxygen atoms in total. The molecule has 152 valence electrons. The second-order valence-electron chi connectivity index (χ2n) is 7.47. The van der Waals surface area contributed by atoms with Crippen LogP contribution < -0.4 is 11.1 Å². The van der Waals surface area contributed by atoms with E-state index in [0.29, 0.717) is 5.56 Å². The SMILES string of the molecule is CC(C)(N)C(=O)N[C@@H](Cc1ccc(O)c(O)c1)C(=O)OC1CCCCC1.Cl. The van der Waals surface area contributed by atoms with Gasteiger partial charge in [-0.05, 0) is 57.2 Å². The lowest BCUT2D eigenvalue weighted by atomic mass is 9.97. The average molecular weight is 401 g/mol. The van der Waals surface area contributed by atoms with Gasteiger partial charge in [0.15, 0.2) is 11.5 Å². The molecule has 5 N–H and O–H groups in total. The number of carbonyl (C=O) groups is 2. The van der Waals surface area contributed by atoms with E-state index in [1.165, 1.54) is 12.1 Å². The van der Waals surface area contributed by atoms with Gasteiger partial charge < -0.3 is 26.0 Å². The Kier molecular flexibility index (Phi) is 8.37. The molecule has 0 aromatic heterocycles. The highest BCUT2D eigenvalue weighted by atomic mass is 35.5. The lowest BCUT2D eigenvalue weighted by Gasteiger charge is -2.27. The Labute approximate surface area is 165 Å². The van der Waals surface area contributed by atoms with Crippen LogP contribution in [0, 0.1) is 0 Å². The smallest absolute Gasteiger partial charge is 0.329 e. The largest absolute Gasteiger partial charge is 0.504 e. The van der Waals surface area contributed by atoms with Crippen molar-refractivity contribution in [2.45, 2.75) is 70.1 Å². The minimum Gasteiger partial charge on any atom is -0.504 e. The normalized spacial score (nSPS) is 16.1. The van der Waals surface area contributed by atoms with E-state index in [9.17, 15) is 19.8 Å². The number of carbonyl (C=O) groups excluding carboxylic acids is 2. The fourth-order valence-corrected chi connectivity index (χ4v) is 2.90. The van der Waals surface area contributed by atoms with Crippen LogP contribution in [-0.4, -0.2) is 39.8 Å². The summed E-state index contributed by atoms with van der Waals surface area (Å²) in [5, 5.41) is 21.7. The second kappa shape index (κ2) is 9.80. The number of ether oxygens (including phenoxy) is 1. The van der Waals surface area contributed by atoms with Crippen LogP contribution in [0.2, 0.25) is 0 Å². The number of rotatable bonds is 6. The Morgan fingerprint density at radius 2 is 1.85 bits per heavy atom. The Balaban J connectivity index is 0.00000364. The molecule has 0 spiro atoms. The first-order valence-electron chi connectivity index (χ1n) is 8.98. The van der Waals surface area contributed by atoms with Crippen LogP contribution in [0.15, 0.2) is 18.2 Å². The van der Waals surface area contributed by atoms with Gasteiger partial charge in [-0.25, -0.2) is 4.79 Å². The molecule has 0 saturated heterocycles. The monoisotopic (exact) mass is 400 g/mol. The maximum Gasteiger partial charge on any atom is 0.329 e. The van der Waals surface area contributed by atoms with E-state index in [1.54, 1.807) is 19.9 Å². The predicted octanol–water partition coefficient (Wildman–Crippen LogP) is 2.16. The van der Waals surface area contributed by atoms with Crippen LogP contribution in [0.3, 0.4) is 0 Å². The Morgan fingerprint density at radius 3 is 2.41 bits per heavy atom. The summed E-state index contributed by atoms with van der Waals surface area (Å²) in [5.74, 6) is -1.51. The molecule has 1 aliphatic rings. The number of phenols is 2. The highest BCUT2D eigenvalue weighted by Gasteiger charge is 2.31. The lowest BCUT2D eigenvalue weighted by molar-refractivity contribution is -0.154. The van der Waals surface area contributed by atoms with E-state index < -0.39 is 23.5 Å². The summed E-state index contributed by atoms with van der Waals surface area (Å²) in [6.07, 6.45) is 4.84. The summed E-state index contributed by atoms with van der Waals surface area (Å²) in [6, 6.07) is 3.35. The van der Waals surface area contributed by atoms with Crippen LogP contribution in [0.1, 0.15) is 51.5 Å². The quantitative estimate of drug-likeness (QED) is 0.428. The number of aromatic hydroxyl groups is 2. The maximum atomic E-state index is 12.6. The van der Waals surface area contributed by atoms with Gasteiger partial charge in [-0.15, -0.1) is 12.4 Å². The third kappa shape index (κ3) is 6.92. The molecule has 1 aromatic carbocycles. The Hall–Kier alpha value is -1.99. The van der Waals surface area contributed by atoms with Crippen molar-refractivity contribution in [1.29, 1.82) is 0 Å². The predicted molar refractivity (Wildman–Crippen MR) is 104 cm³/mol. The van der Waals surface area contributed by atoms with Crippen molar-refractivity contribution in [3.63, 3.8) is 0 Å². The highest BCUT2D eigenvalue weighted by Crippen LogP contribution is 2.26. The van der Waals surface area contributed by atoms with E-state index in [2.05, 4.69) is 5.32 Å². The summed E-state index contributed by atoms with van der Waals surface area (Å²) in [4.78, 5) is 24.9. The second-order valence-corrected chi connectivity index (χ2v) is 7.47. The number of nitrogens with two attached hydrogens (primary N) is 1. The van der Waals surface area contributed by atoms with Crippen molar-refractivity contribution in [2.75, 3.05) is 0 Å². The molecule has 2 rings (SSSR count). The van der Waals surface area contributed by atoms with Crippen LogP contribution in [0.25, 0.3) is 0 Å². The van der Waals surface area contributed by atoms with Crippen molar-refractivity contribution in [3.8, 4) is 11.5 Å². The zero-order valence-electron chi connectivity index (χ0n) is 15.7. The lowest BCUT2D eigenvalue weighted by Crippen LogP contribution is -2.55. The first kappa shape index (κ1) is 23.0. The molecular weight excluding hydrogens is 372 g/mol. The van der Waals surface area contributed by atoms with Crippen LogP contribution in [0.4, 0.5) is 0 Å². The fourth-order valence-electron chi connectivity index (χ4n) is 2.90. The third-order valence-corrected chi connectivity index (χ3v) is 4.49. The van der Waals surface area contributed by atoms with Crippen molar-refractivity contribution in [3.05, 3.63) is 23.8 Å². The molecule has 8 heteroatoms. The number of nitrogens with one attached hydrogen (secondary N) is 1. The molecule has 0 unspecified atom stereocenters. The zero-order chi connectivity index (χ0) is 19.3. The summed E-state index contributed by atoms with van der Waals surface area (Å²) >= 11 is 0. The molecular formula is C19H29ClN2O5. The van der Waals surface area contributed by atoms with Gasteiger partial charge in [-0.2, -0.15) is 0 Å². The minimum absolute atomic E-state index is 0. The van der Waals surface area contributed by atoms with Crippen molar-refractivity contribution in [1.82, 2.24) is 5.32 Å². The Morgan fingerprint density at radius 1 is 1.22 bits per heavy atom. The van der Waals surface area contributed by atoms with E-state index in [0.717, 1.165) is 32.1 Å². The van der Waals surface area contributed by atoms with Gasteiger partial charge in [-0.3, -0.25) is 4.79 Å². The van der Waals surface area contributed by atoms with Gasteiger partial charge in [0.05, 0.1) is 5.54 Å². The summed E-state index contributed by atoms with van der Waals surface area (Å²) in [7, 11) is 0. The number of hydrogen-bond acceptors (Lipinski definition) is 6. The van der Waals surface area contributed by atoms with E-state index in [1.807, 2.05) is 0 Å².